The zero-order valence-electron chi connectivity index (χ0n) is 10.3. The number of nitrogens with zero attached hydrogens (tertiary/aromatic N) is 4. The van der Waals surface area contributed by atoms with Gasteiger partial charge in [-0.25, -0.2) is 4.79 Å². The van der Waals surface area contributed by atoms with Gasteiger partial charge in [0.1, 0.15) is 5.00 Å². The number of carbonyl (C=O) groups is 2. The maximum absolute atomic E-state index is 12.0. The van der Waals surface area contributed by atoms with Gasteiger partial charge in [0, 0.05) is 24.4 Å². The highest BCUT2D eigenvalue weighted by Crippen LogP contribution is 2.33. The first kappa shape index (κ1) is 13.4. The number of thiophene rings is 1. The summed E-state index contributed by atoms with van der Waals surface area (Å²) >= 11 is 1.32. The summed E-state index contributed by atoms with van der Waals surface area (Å²) in [5.41, 5.74) is 8.69. The molecule has 1 fully saturated rings. The molecule has 1 aromatic heterocycles. The number of carbonyl (C=O) groups excluding carboxylic acids is 2. The average molecular weight is 280 g/mol. The normalized spacial score (nSPS) is 18.3. The second-order valence-corrected chi connectivity index (χ2v) is 5.01. The van der Waals surface area contributed by atoms with Gasteiger partial charge in [0.05, 0.1) is 12.7 Å². The minimum atomic E-state index is -0.456. The highest BCUT2D eigenvalue weighted by Gasteiger charge is 2.33. The third-order valence-electron chi connectivity index (χ3n) is 2.90. The van der Waals surface area contributed by atoms with Gasteiger partial charge in [-0.2, -0.15) is 0 Å². The van der Waals surface area contributed by atoms with Crippen molar-refractivity contribution in [1.82, 2.24) is 0 Å². The molecule has 1 aliphatic rings. The number of azide groups is 1. The van der Waals surface area contributed by atoms with Crippen molar-refractivity contribution in [2.45, 2.75) is 6.42 Å². The first-order valence-electron chi connectivity index (χ1n) is 5.64. The molecule has 0 bridgehead atoms. The molecule has 0 radical (unpaired) electrons. The van der Waals surface area contributed by atoms with Crippen molar-refractivity contribution in [2.24, 2.45) is 11.0 Å². The van der Waals surface area contributed by atoms with Crippen LogP contribution in [-0.4, -0.2) is 32.1 Å². The Kier molecular flexibility index (Phi) is 4.03. The summed E-state index contributed by atoms with van der Waals surface area (Å²) in [4.78, 5) is 27.8. The van der Waals surface area contributed by atoms with Crippen molar-refractivity contribution in [3.8, 4) is 0 Å². The number of hydrogen-bond donors (Lipinski definition) is 0. The zero-order valence-corrected chi connectivity index (χ0v) is 11.1. The van der Waals surface area contributed by atoms with Gasteiger partial charge in [-0.15, -0.1) is 11.3 Å². The highest BCUT2D eigenvalue weighted by atomic mass is 32.1. The van der Waals surface area contributed by atoms with Crippen LogP contribution in [0.25, 0.3) is 10.4 Å². The molecular formula is C11H12N4O3S. The third kappa shape index (κ3) is 2.69. The standard InChI is InChI=1S/C11H12N4O3S/c1-18-11(17)8-2-3-19-10(8)15-6-7(4-9(15)16)5-13-14-12/h2-3,7H,4-6H2,1H3. The monoisotopic (exact) mass is 280 g/mol. The Bertz CT molecular complexity index is 550. The first-order valence-corrected chi connectivity index (χ1v) is 6.52. The number of esters is 1. The molecule has 8 heteroatoms. The number of anilines is 1. The Morgan fingerprint density at radius 1 is 1.74 bits per heavy atom. The molecular weight excluding hydrogens is 268 g/mol. The molecule has 1 aromatic rings. The van der Waals surface area contributed by atoms with E-state index >= 15 is 0 Å². The highest BCUT2D eigenvalue weighted by molar-refractivity contribution is 7.14. The second-order valence-electron chi connectivity index (χ2n) is 4.12. The molecule has 19 heavy (non-hydrogen) atoms. The zero-order chi connectivity index (χ0) is 13.8. The smallest absolute Gasteiger partial charge is 0.340 e. The Morgan fingerprint density at radius 3 is 3.21 bits per heavy atom. The molecule has 1 aliphatic heterocycles. The van der Waals surface area contributed by atoms with Crippen molar-refractivity contribution in [2.75, 3.05) is 25.1 Å². The molecule has 7 nitrogen and oxygen atoms in total. The van der Waals surface area contributed by atoms with E-state index in [-0.39, 0.29) is 18.4 Å². The Labute approximate surface area is 113 Å². The fraction of sp³-hybridized carbons (Fsp3) is 0.455. The third-order valence-corrected chi connectivity index (χ3v) is 3.84. The van der Waals surface area contributed by atoms with Crippen LogP contribution in [0.1, 0.15) is 16.8 Å². The van der Waals surface area contributed by atoms with E-state index in [9.17, 15) is 9.59 Å². The number of hydrogen-bond acceptors (Lipinski definition) is 5. The van der Waals surface area contributed by atoms with E-state index in [1.807, 2.05) is 0 Å². The van der Waals surface area contributed by atoms with E-state index in [2.05, 4.69) is 14.8 Å². The van der Waals surface area contributed by atoms with Crippen LogP contribution in [0, 0.1) is 5.92 Å². The summed E-state index contributed by atoms with van der Waals surface area (Å²) in [7, 11) is 1.31. The van der Waals surface area contributed by atoms with Gasteiger partial charge < -0.3 is 9.64 Å². The maximum Gasteiger partial charge on any atom is 0.340 e. The minimum Gasteiger partial charge on any atom is -0.465 e. The quantitative estimate of drug-likeness (QED) is 0.366. The summed E-state index contributed by atoms with van der Waals surface area (Å²) in [6.07, 6.45) is 0.331. The predicted molar refractivity (Wildman–Crippen MR) is 70.1 cm³/mol. The summed E-state index contributed by atoms with van der Waals surface area (Å²) in [5, 5.41) is 5.83. The molecule has 0 aliphatic carbocycles. The van der Waals surface area contributed by atoms with Gasteiger partial charge in [-0.1, -0.05) is 5.11 Å². The predicted octanol–water partition coefficient (Wildman–Crippen LogP) is 2.20. The van der Waals surface area contributed by atoms with Gasteiger partial charge in [-0.3, -0.25) is 4.79 Å². The largest absolute Gasteiger partial charge is 0.465 e. The van der Waals surface area contributed by atoms with Gasteiger partial charge in [0.15, 0.2) is 0 Å². The van der Waals surface area contributed by atoms with Crippen LogP contribution in [0.15, 0.2) is 16.6 Å². The molecule has 0 aromatic carbocycles. The van der Waals surface area contributed by atoms with Crippen LogP contribution < -0.4 is 4.90 Å². The van der Waals surface area contributed by atoms with Gasteiger partial charge >= 0.3 is 5.97 Å². The van der Waals surface area contributed by atoms with Gasteiger partial charge in [0.2, 0.25) is 5.91 Å². The van der Waals surface area contributed by atoms with E-state index in [1.165, 1.54) is 18.4 Å². The molecule has 2 heterocycles. The van der Waals surface area contributed by atoms with Crippen molar-refractivity contribution in [3.63, 3.8) is 0 Å². The topological polar surface area (TPSA) is 95.4 Å². The van der Waals surface area contributed by atoms with Crippen molar-refractivity contribution < 1.29 is 14.3 Å². The molecule has 1 saturated heterocycles. The lowest BCUT2D eigenvalue weighted by Gasteiger charge is -2.15. The number of rotatable bonds is 4. The molecule has 2 rings (SSSR count). The van der Waals surface area contributed by atoms with Crippen LogP contribution in [0.3, 0.4) is 0 Å². The van der Waals surface area contributed by atoms with Gasteiger partial charge in [-0.05, 0) is 22.9 Å². The lowest BCUT2D eigenvalue weighted by atomic mass is 10.1. The first-order chi connectivity index (χ1) is 9.17. The van der Waals surface area contributed by atoms with Crippen LogP contribution >= 0.6 is 11.3 Å². The number of methoxy groups -OCH3 is 1. The number of ether oxygens (including phenoxy) is 1. The minimum absolute atomic E-state index is 0.00371. The van der Waals surface area contributed by atoms with Crippen molar-refractivity contribution in [1.29, 1.82) is 0 Å². The van der Waals surface area contributed by atoms with Crippen LogP contribution in [-0.2, 0) is 9.53 Å². The van der Waals surface area contributed by atoms with E-state index in [4.69, 9.17) is 5.53 Å². The summed E-state index contributed by atoms with van der Waals surface area (Å²) in [6.45, 7) is 0.750. The second kappa shape index (κ2) is 5.73. The molecule has 0 N–H and O–H groups in total. The SMILES string of the molecule is COC(=O)c1ccsc1N1CC(CN=[N+]=[N-])CC1=O. The Hall–Kier alpha value is -2.05. The summed E-state index contributed by atoms with van der Waals surface area (Å²) in [5.74, 6) is -0.524. The van der Waals surface area contributed by atoms with E-state index in [0.29, 0.717) is 23.5 Å². The molecule has 1 atom stereocenters. The lowest BCUT2D eigenvalue weighted by molar-refractivity contribution is -0.117. The summed E-state index contributed by atoms with van der Waals surface area (Å²) < 4.78 is 4.68. The summed E-state index contributed by atoms with van der Waals surface area (Å²) in [6, 6.07) is 1.64. The maximum atomic E-state index is 12.0. The molecule has 1 unspecified atom stereocenters. The fourth-order valence-corrected chi connectivity index (χ4v) is 2.94. The van der Waals surface area contributed by atoms with Crippen LogP contribution in [0.2, 0.25) is 0 Å². The van der Waals surface area contributed by atoms with Gasteiger partial charge in [0.25, 0.3) is 0 Å². The van der Waals surface area contributed by atoms with E-state index in [1.54, 1.807) is 16.3 Å². The van der Waals surface area contributed by atoms with Crippen LogP contribution in [0.4, 0.5) is 5.00 Å². The molecule has 0 saturated carbocycles. The van der Waals surface area contributed by atoms with Crippen molar-refractivity contribution >= 4 is 28.2 Å². The number of amides is 1. The van der Waals surface area contributed by atoms with E-state index in [0.717, 1.165) is 0 Å². The van der Waals surface area contributed by atoms with Crippen LogP contribution in [0.5, 0.6) is 0 Å². The lowest BCUT2D eigenvalue weighted by Crippen LogP contribution is -2.25. The Morgan fingerprint density at radius 2 is 2.53 bits per heavy atom. The fourth-order valence-electron chi connectivity index (χ4n) is 2.03. The van der Waals surface area contributed by atoms with Crippen molar-refractivity contribution in [3.05, 3.63) is 27.5 Å². The molecule has 100 valence electrons. The average Bonchev–Trinajstić information content (AvgIpc) is 3.01. The van der Waals surface area contributed by atoms with E-state index < -0.39 is 5.97 Å². The Balaban J connectivity index is 2.19. The molecule has 0 spiro atoms. The molecule has 1 amide bonds.